The Labute approximate surface area is 128 Å². The third kappa shape index (κ3) is 3.67. The van der Waals surface area contributed by atoms with Crippen molar-refractivity contribution in [3.05, 3.63) is 28.8 Å². The van der Waals surface area contributed by atoms with E-state index in [1.807, 2.05) is 6.92 Å². The molecule has 1 saturated heterocycles. The Morgan fingerprint density at radius 2 is 2.10 bits per heavy atom. The summed E-state index contributed by atoms with van der Waals surface area (Å²) < 4.78 is 0. The first kappa shape index (κ1) is 15.6. The van der Waals surface area contributed by atoms with Gasteiger partial charge < -0.3 is 15.3 Å². The lowest BCUT2D eigenvalue weighted by Gasteiger charge is -2.36. The lowest BCUT2D eigenvalue weighted by Crippen LogP contribution is -2.46. The SMILES string of the molecule is CC1CCN(C(=O)Nc2ccc(Cl)c(C(=O)O)c2)C(C)C1. The molecule has 2 rings (SSSR count). The molecule has 2 atom stereocenters. The van der Waals surface area contributed by atoms with Crippen LogP contribution in [0.15, 0.2) is 18.2 Å². The van der Waals surface area contributed by atoms with Crippen molar-refractivity contribution in [2.45, 2.75) is 32.7 Å². The Morgan fingerprint density at radius 1 is 1.38 bits per heavy atom. The topological polar surface area (TPSA) is 69.6 Å². The molecule has 0 spiro atoms. The summed E-state index contributed by atoms with van der Waals surface area (Å²) in [7, 11) is 0. The standard InChI is InChI=1S/C15H19ClN2O3/c1-9-5-6-18(10(2)7-9)15(21)17-11-3-4-13(16)12(8-11)14(19)20/h3-4,8-10H,5-7H2,1-2H3,(H,17,21)(H,19,20). The second kappa shape index (κ2) is 6.35. The van der Waals surface area contributed by atoms with Crippen molar-refractivity contribution in [2.24, 2.45) is 5.92 Å². The van der Waals surface area contributed by atoms with Crippen LogP contribution in [-0.2, 0) is 0 Å². The van der Waals surface area contributed by atoms with Gasteiger partial charge in [0.25, 0.3) is 0 Å². The van der Waals surface area contributed by atoms with Crippen LogP contribution in [0.25, 0.3) is 0 Å². The second-order valence-corrected chi connectivity index (χ2v) is 6.01. The number of urea groups is 1. The summed E-state index contributed by atoms with van der Waals surface area (Å²) in [4.78, 5) is 25.1. The minimum atomic E-state index is -1.11. The number of hydrogen-bond acceptors (Lipinski definition) is 2. The Hall–Kier alpha value is -1.75. The number of aromatic carboxylic acids is 1. The molecule has 2 amide bonds. The molecule has 0 radical (unpaired) electrons. The van der Waals surface area contributed by atoms with E-state index in [1.54, 1.807) is 11.0 Å². The number of carboxylic acids is 1. The quantitative estimate of drug-likeness (QED) is 0.875. The maximum atomic E-state index is 12.3. The van der Waals surface area contributed by atoms with Gasteiger partial charge in [-0.25, -0.2) is 9.59 Å². The zero-order valence-electron chi connectivity index (χ0n) is 12.1. The number of nitrogens with one attached hydrogen (secondary N) is 1. The fraction of sp³-hybridized carbons (Fsp3) is 0.467. The van der Waals surface area contributed by atoms with E-state index >= 15 is 0 Å². The number of benzene rings is 1. The molecule has 1 fully saturated rings. The Balaban J connectivity index is 2.09. The Kier molecular flexibility index (Phi) is 4.73. The molecule has 5 nitrogen and oxygen atoms in total. The van der Waals surface area contributed by atoms with Gasteiger partial charge in [-0.3, -0.25) is 0 Å². The van der Waals surface area contributed by atoms with Crippen LogP contribution in [0.3, 0.4) is 0 Å². The highest BCUT2D eigenvalue weighted by Gasteiger charge is 2.26. The summed E-state index contributed by atoms with van der Waals surface area (Å²) in [5.74, 6) is -0.491. The van der Waals surface area contributed by atoms with Crippen LogP contribution in [0.4, 0.5) is 10.5 Å². The zero-order valence-corrected chi connectivity index (χ0v) is 12.9. The van der Waals surface area contributed by atoms with Crippen LogP contribution < -0.4 is 5.32 Å². The number of hydrogen-bond donors (Lipinski definition) is 2. The summed E-state index contributed by atoms with van der Waals surface area (Å²) in [6.07, 6.45) is 1.97. The molecule has 0 aliphatic carbocycles. The van der Waals surface area contributed by atoms with E-state index in [1.165, 1.54) is 12.1 Å². The van der Waals surface area contributed by atoms with Crippen molar-refractivity contribution in [2.75, 3.05) is 11.9 Å². The molecule has 21 heavy (non-hydrogen) atoms. The summed E-state index contributed by atoms with van der Waals surface area (Å²) in [6.45, 7) is 4.93. The molecule has 1 aromatic rings. The van der Waals surface area contributed by atoms with Gasteiger partial charge >= 0.3 is 12.0 Å². The highest BCUT2D eigenvalue weighted by atomic mass is 35.5. The van der Waals surface area contributed by atoms with Gasteiger partial charge in [-0.1, -0.05) is 18.5 Å². The van der Waals surface area contributed by atoms with Gasteiger partial charge in [-0.15, -0.1) is 0 Å². The number of anilines is 1. The monoisotopic (exact) mass is 310 g/mol. The molecule has 2 N–H and O–H groups in total. The molecular formula is C15H19ClN2O3. The second-order valence-electron chi connectivity index (χ2n) is 5.60. The molecule has 2 unspecified atom stereocenters. The lowest BCUT2D eigenvalue weighted by molar-refractivity contribution is 0.0697. The molecule has 6 heteroatoms. The number of carboxylic acid groups (broad SMARTS) is 1. The molecule has 0 aromatic heterocycles. The van der Waals surface area contributed by atoms with Crippen molar-refractivity contribution in [1.29, 1.82) is 0 Å². The van der Waals surface area contributed by atoms with Gasteiger partial charge in [0, 0.05) is 18.3 Å². The molecular weight excluding hydrogens is 292 g/mol. The highest BCUT2D eigenvalue weighted by Crippen LogP contribution is 2.24. The minimum absolute atomic E-state index is 0.0187. The van der Waals surface area contributed by atoms with Crippen molar-refractivity contribution in [3.63, 3.8) is 0 Å². The number of rotatable bonds is 2. The van der Waals surface area contributed by atoms with Crippen molar-refractivity contribution >= 4 is 29.3 Å². The first-order chi connectivity index (χ1) is 9.88. The largest absolute Gasteiger partial charge is 0.478 e. The van der Waals surface area contributed by atoms with E-state index in [-0.39, 0.29) is 22.7 Å². The summed E-state index contributed by atoms with van der Waals surface area (Å²) in [5.41, 5.74) is 0.419. The van der Waals surface area contributed by atoms with E-state index in [4.69, 9.17) is 16.7 Å². The maximum Gasteiger partial charge on any atom is 0.337 e. The fourth-order valence-electron chi connectivity index (χ4n) is 2.67. The molecule has 1 heterocycles. The third-order valence-corrected chi connectivity index (χ3v) is 4.18. The molecule has 1 aromatic carbocycles. The average Bonchev–Trinajstić information content (AvgIpc) is 2.40. The van der Waals surface area contributed by atoms with Crippen molar-refractivity contribution in [1.82, 2.24) is 4.90 Å². The fourth-order valence-corrected chi connectivity index (χ4v) is 2.87. The van der Waals surface area contributed by atoms with Gasteiger partial charge in [0.15, 0.2) is 0 Å². The van der Waals surface area contributed by atoms with E-state index in [0.717, 1.165) is 12.8 Å². The third-order valence-electron chi connectivity index (χ3n) is 3.85. The Bertz CT molecular complexity index is 562. The van der Waals surface area contributed by atoms with Crippen LogP contribution in [0.2, 0.25) is 5.02 Å². The number of halogens is 1. The smallest absolute Gasteiger partial charge is 0.337 e. The Morgan fingerprint density at radius 3 is 2.71 bits per heavy atom. The summed E-state index contributed by atoms with van der Waals surface area (Å²) in [6, 6.07) is 4.43. The summed E-state index contributed by atoms with van der Waals surface area (Å²) in [5, 5.41) is 11.9. The average molecular weight is 311 g/mol. The number of likely N-dealkylation sites (tertiary alicyclic amines) is 1. The van der Waals surface area contributed by atoms with Crippen LogP contribution in [0.5, 0.6) is 0 Å². The maximum absolute atomic E-state index is 12.3. The molecule has 114 valence electrons. The molecule has 0 bridgehead atoms. The first-order valence-corrected chi connectivity index (χ1v) is 7.36. The van der Waals surface area contributed by atoms with Crippen LogP contribution in [0.1, 0.15) is 37.0 Å². The van der Waals surface area contributed by atoms with E-state index in [9.17, 15) is 9.59 Å². The van der Waals surface area contributed by atoms with Gasteiger partial charge in [0.05, 0.1) is 10.6 Å². The lowest BCUT2D eigenvalue weighted by atomic mass is 9.94. The number of carbonyl (C=O) groups is 2. The van der Waals surface area contributed by atoms with Crippen LogP contribution in [-0.4, -0.2) is 34.6 Å². The predicted molar refractivity (Wildman–Crippen MR) is 82.0 cm³/mol. The van der Waals surface area contributed by atoms with Crippen LogP contribution in [0, 0.1) is 5.92 Å². The van der Waals surface area contributed by atoms with E-state index in [0.29, 0.717) is 18.2 Å². The number of carbonyl (C=O) groups excluding carboxylic acids is 1. The van der Waals surface area contributed by atoms with Gasteiger partial charge in [0.1, 0.15) is 0 Å². The van der Waals surface area contributed by atoms with E-state index < -0.39 is 5.97 Å². The van der Waals surface area contributed by atoms with E-state index in [2.05, 4.69) is 12.2 Å². The molecule has 0 saturated carbocycles. The van der Waals surface area contributed by atoms with Gasteiger partial charge in [-0.05, 0) is 43.9 Å². The number of nitrogens with zero attached hydrogens (tertiary/aromatic N) is 1. The molecule has 1 aliphatic heterocycles. The predicted octanol–water partition coefficient (Wildman–Crippen LogP) is 3.69. The summed E-state index contributed by atoms with van der Waals surface area (Å²) >= 11 is 5.81. The van der Waals surface area contributed by atoms with Crippen LogP contribution >= 0.6 is 11.6 Å². The number of amides is 2. The van der Waals surface area contributed by atoms with Gasteiger partial charge in [-0.2, -0.15) is 0 Å². The number of piperidine rings is 1. The zero-order chi connectivity index (χ0) is 15.6. The minimum Gasteiger partial charge on any atom is -0.478 e. The normalized spacial score (nSPS) is 22.0. The molecule has 1 aliphatic rings. The van der Waals surface area contributed by atoms with Crippen molar-refractivity contribution < 1.29 is 14.7 Å². The highest BCUT2D eigenvalue weighted by molar-refractivity contribution is 6.33. The van der Waals surface area contributed by atoms with Crippen molar-refractivity contribution in [3.8, 4) is 0 Å². The first-order valence-electron chi connectivity index (χ1n) is 6.99. The van der Waals surface area contributed by atoms with Gasteiger partial charge in [0.2, 0.25) is 0 Å².